The predicted octanol–water partition coefficient (Wildman–Crippen LogP) is 3.76. The lowest BCUT2D eigenvalue weighted by Crippen LogP contribution is -2.18. The number of carbonyl (C=O) groups excluding carboxylic acids is 1. The van der Waals surface area contributed by atoms with Crippen LogP contribution in [0.5, 0.6) is 0 Å². The number of benzene rings is 3. The summed E-state index contributed by atoms with van der Waals surface area (Å²) in [5, 5.41) is 21.2. The molecule has 1 aromatic heterocycles. The summed E-state index contributed by atoms with van der Waals surface area (Å²) >= 11 is 0. The topological polar surface area (TPSA) is 102 Å². The summed E-state index contributed by atoms with van der Waals surface area (Å²) in [6, 6.07) is 21.7. The van der Waals surface area contributed by atoms with E-state index in [9.17, 15) is 14.9 Å². The highest BCUT2D eigenvalue weighted by atomic mass is 16.6. The second-order valence-electron chi connectivity index (χ2n) is 6.63. The number of nitro benzene ring substituents is 1. The summed E-state index contributed by atoms with van der Waals surface area (Å²) in [6.45, 7) is 0.394. The molecule has 148 valence electrons. The number of aromatic nitrogens is 2. The molecule has 0 saturated carbocycles. The number of fused-ring (bicyclic) bond motifs is 1. The quantitative estimate of drug-likeness (QED) is 0.303. The summed E-state index contributed by atoms with van der Waals surface area (Å²) in [4.78, 5) is 22.5. The van der Waals surface area contributed by atoms with Crippen molar-refractivity contribution in [1.82, 2.24) is 15.2 Å². The number of rotatable bonds is 6. The highest BCUT2D eigenvalue weighted by Crippen LogP contribution is 2.15. The summed E-state index contributed by atoms with van der Waals surface area (Å²) in [6.07, 6.45) is 3.25. The van der Waals surface area contributed by atoms with E-state index in [2.05, 4.69) is 15.6 Å². The van der Waals surface area contributed by atoms with Crippen LogP contribution in [-0.4, -0.2) is 26.8 Å². The molecule has 1 amide bonds. The van der Waals surface area contributed by atoms with Gasteiger partial charge in [-0.3, -0.25) is 19.6 Å². The number of carbonyl (C=O) groups is 1. The van der Waals surface area contributed by atoms with Crippen molar-refractivity contribution in [2.45, 2.75) is 6.54 Å². The Morgan fingerprint density at radius 3 is 2.60 bits per heavy atom. The van der Waals surface area contributed by atoms with E-state index < -0.39 is 10.8 Å². The number of non-ortho nitro benzene ring substituents is 1. The Hall–Kier alpha value is -4.33. The minimum Gasteiger partial charge on any atom is -0.268 e. The van der Waals surface area contributed by atoms with Gasteiger partial charge in [0, 0.05) is 18.3 Å². The van der Waals surface area contributed by atoms with Gasteiger partial charge in [0.05, 0.1) is 17.7 Å². The minimum atomic E-state index is -0.446. The first-order valence-electron chi connectivity index (χ1n) is 9.17. The number of nitro groups is 1. The molecule has 0 atom stereocenters. The van der Waals surface area contributed by atoms with Gasteiger partial charge in [0.15, 0.2) is 5.69 Å². The zero-order chi connectivity index (χ0) is 20.9. The molecule has 4 rings (SSSR count). The number of hydrogen-bond donors (Lipinski definition) is 1. The average molecular weight is 399 g/mol. The molecule has 8 heteroatoms. The molecule has 1 N–H and O–H groups in total. The lowest BCUT2D eigenvalue weighted by molar-refractivity contribution is -0.384. The van der Waals surface area contributed by atoms with E-state index in [4.69, 9.17) is 0 Å². The predicted molar refractivity (Wildman–Crippen MR) is 113 cm³/mol. The smallest absolute Gasteiger partial charge is 0.268 e. The van der Waals surface area contributed by atoms with Gasteiger partial charge in [-0.05, 0) is 34.0 Å². The van der Waals surface area contributed by atoms with Gasteiger partial charge in [-0.2, -0.15) is 10.2 Å². The fourth-order valence-electron chi connectivity index (χ4n) is 2.99. The normalized spacial score (nSPS) is 11.1. The second-order valence-corrected chi connectivity index (χ2v) is 6.63. The van der Waals surface area contributed by atoms with E-state index in [0.717, 1.165) is 21.9 Å². The van der Waals surface area contributed by atoms with Crippen molar-refractivity contribution in [3.63, 3.8) is 0 Å². The van der Waals surface area contributed by atoms with E-state index in [1.54, 1.807) is 35.3 Å². The van der Waals surface area contributed by atoms with Crippen molar-refractivity contribution >= 4 is 28.6 Å². The van der Waals surface area contributed by atoms with Gasteiger partial charge in [-0.15, -0.1) is 0 Å². The zero-order valence-electron chi connectivity index (χ0n) is 15.8. The monoisotopic (exact) mass is 399 g/mol. The van der Waals surface area contributed by atoms with Crippen LogP contribution in [0.1, 0.15) is 21.6 Å². The molecule has 0 aliphatic rings. The van der Waals surface area contributed by atoms with E-state index in [0.29, 0.717) is 6.54 Å². The molecule has 0 fully saturated rings. The van der Waals surface area contributed by atoms with Gasteiger partial charge in [0.1, 0.15) is 0 Å². The standard InChI is InChI=1S/C22H17N5O3/c28-22(24-23-14-17-5-8-18-3-1-2-4-19(18)13-17)21-11-12-26(25-21)15-16-6-9-20(10-7-16)27(29)30/h1-14H,15H2,(H,24,28)/b23-14+. The molecule has 0 saturated heterocycles. The average Bonchev–Trinajstić information content (AvgIpc) is 3.22. The molecule has 0 aliphatic heterocycles. The largest absolute Gasteiger partial charge is 0.291 e. The molecule has 8 nitrogen and oxygen atoms in total. The highest BCUT2D eigenvalue weighted by molar-refractivity contribution is 5.94. The Bertz CT molecular complexity index is 1250. The van der Waals surface area contributed by atoms with Gasteiger partial charge in [0.2, 0.25) is 0 Å². The SMILES string of the molecule is O=C(N/N=C/c1ccc2ccccc2c1)c1ccn(Cc2ccc([N+](=O)[O-])cc2)n1. The third-order valence-corrected chi connectivity index (χ3v) is 4.52. The van der Waals surface area contributed by atoms with Crippen LogP contribution >= 0.6 is 0 Å². The van der Waals surface area contributed by atoms with Crippen molar-refractivity contribution in [1.29, 1.82) is 0 Å². The van der Waals surface area contributed by atoms with Crippen molar-refractivity contribution in [2.24, 2.45) is 5.10 Å². The third-order valence-electron chi connectivity index (χ3n) is 4.52. The van der Waals surface area contributed by atoms with Crippen LogP contribution in [0.15, 0.2) is 84.1 Å². The number of hydrazone groups is 1. The number of nitrogens with zero attached hydrogens (tertiary/aromatic N) is 4. The van der Waals surface area contributed by atoms with E-state index in [1.807, 2.05) is 42.5 Å². The second kappa shape index (κ2) is 8.36. The maximum Gasteiger partial charge on any atom is 0.291 e. The van der Waals surface area contributed by atoms with Gasteiger partial charge in [-0.1, -0.05) is 48.5 Å². The Balaban J connectivity index is 1.37. The third kappa shape index (κ3) is 4.39. The molecule has 30 heavy (non-hydrogen) atoms. The first-order valence-corrected chi connectivity index (χ1v) is 9.17. The van der Waals surface area contributed by atoms with Crippen LogP contribution in [0.3, 0.4) is 0 Å². The Morgan fingerprint density at radius 1 is 1.07 bits per heavy atom. The van der Waals surface area contributed by atoms with Crippen molar-refractivity contribution < 1.29 is 9.72 Å². The van der Waals surface area contributed by atoms with Gasteiger partial charge in [-0.25, -0.2) is 5.43 Å². The van der Waals surface area contributed by atoms with Crippen LogP contribution in [0.2, 0.25) is 0 Å². The van der Waals surface area contributed by atoms with Crippen LogP contribution in [0.25, 0.3) is 10.8 Å². The van der Waals surface area contributed by atoms with Crippen LogP contribution in [-0.2, 0) is 6.54 Å². The van der Waals surface area contributed by atoms with Gasteiger partial charge in [0.25, 0.3) is 11.6 Å². The Kier molecular flexibility index (Phi) is 5.29. The van der Waals surface area contributed by atoms with Crippen molar-refractivity contribution in [3.8, 4) is 0 Å². The lowest BCUT2D eigenvalue weighted by Gasteiger charge is -2.02. The maximum absolute atomic E-state index is 12.3. The Labute approximate surface area is 171 Å². The van der Waals surface area contributed by atoms with Crippen LogP contribution in [0.4, 0.5) is 5.69 Å². The molecule has 0 spiro atoms. The van der Waals surface area contributed by atoms with Crippen molar-refractivity contribution in [3.05, 3.63) is 106 Å². The van der Waals surface area contributed by atoms with E-state index >= 15 is 0 Å². The maximum atomic E-state index is 12.3. The first kappa shape index (κ1) is 19.0. The van der Waals surface area contributed by atoms with E-state index in [1.165, 1.54) is 12.1 Å². The number of hydrogen-bond acceptors (Lipinski definition) is 5. The Morgan fingerprint density at radius 2 is 1.83 bits per heavy atom. The molecule has 0 radical (unpaired) electrons. The number of nitrogens with one attached hydrogen (secondary N) is 1. The zero-order valence-corrected chi connectivity index (χ0v) is 15.8. The molecule has 3 aromatic carbocycles. The first-order chi connectivity index (χ1) is 14.6. The van der Waals surface area contributed by atoms with E-state index in [-0.39, 0.29) is 11.4 Å². The fourth-order valence-corrected chi connectivity index (χ4v) is 2.99. The molecule has 4 aromatic rings. The van der Waals surface area contributed by atoms with Gasteiger partial charge >= 0.3 is 0 Å². The fraction of sp³-hybridized carbons (Fsp3) is 0.0455. The summed E-state index contributed by atoms with van der Waals surface area (Å²) in [7, 11) is 0. The van der Waals surface area contributed by atoms with Crippen molar-refractivity contribution in [2.75, 3.05) is 0 Å². The molecule has 0 aliphatic carbocycles. The summed E-state index contributed by atoms with van der Waals surface area (Å²) in [5.74, 6) is -0.422. The van der Waals surface area contributed by atoms with Crippen LogP contribution in [0, 0.1) is 10.1 Å². The molecule has 0 unspecified atom stereocenters. The molecule has 1 heterocycles. The summed E-state index contributed by atoms with van der Waals surface area (Å²) in [5.41, 5.74) is 4.44. The van der Waals surface area contributed by atoms with Crippen LogP contribution < -0.4 is 5.43 Å². The molecule has 0 bridgehead atoms. The molecular weight excluding hydrogens is 382 g/mol. The van der Waals surface area contributed by atoms with Gasteiger partial charge < -0.3 is 0 Å². The molecular formula is C22H17N5O3. The summed E-state index contributed by atoms with van der Waals surface area (Å²) < 4.78 is 1.59. The minimum absolute atomic E-state index is 0.0311. The lowest BCUT2D eigenvalue weighted by atomic mass is 10.1. The highest BCUT2D eigenvalue weighted by Gasteiger charge is 2.09. The number of amides is 1.